The highest BCUT2D eigenvalue weighted by Gasteiger charge is 2.14. The number of aliphatic hydroxyl groups is 1. The summed E-state index contributed by atoms with van der Waals surface area (Å²) in [6, 6.07) is 3.10. The lowest BCUT2D eigenvalue weighted by Gasteiger charge is -2.15. The highest BCUT2D eigenvalue weighted by molar-refractivity contribution is 5.40. The van der Waals surface area contributed by atoms with Crippen LogP contribution in [0.25, 0.3) is 0 Å². The highest BCUT2D eigenvalue weighted by Crippen LogP contribution is 2.19. The lowest BCUT2D eigenvalue weighted by molar-refractivity contribution is 0.154. The fourth-order valence-electron chi connectivity index (χ4n) is 0.963. The number of aromatic nitrogens is 1. The lowest BCUT2D eigenvalue weighted by Crippen LogP contribution is -2.25. The molecule has 12 heavy (non-hydrogen) atoms. The Morgan fingerprint density at radius 1 is 1.58 bits per heavy atom. The molecule has 0 unspecified atom stereocenters. The Morgan fingerprint density at radius 2 is 2.25 bits per heavy atom. The van der Waals surface area contributed by atoms with Crippen molar-refractivity contribution in [1.82, 2.24) is 4.98 Å². The largest absolute Gasteiger partial charge is 0.387 e. The highest BCUT2D eigenvalue weighted by atomic mass is 16.3. The zero-order valence-electron chi connectivity index (χ0n) is 6.94. The van der Waals surface area contributed by atoms with Crippen LogP contribution in [0.15, 0.2) is 18.3 Å². The summed E-state index contributed by atoms with van der Waals surface area (Å²) in [6.07, 6.45) is 0.839. The van der Waals surface area contributed by atoms with Crippen LogP contribution in [0, 0.1) is 0 Å². The number of hydrogen-bond donors (Lipinski definition) is 3. The van der Waals surface area contributed by atoms with E-state index in [2.05, 4.69) is 4.98 Å². The van der Waals surface area contributed by atoms with Crippen LogP contribution in [0.4, 0.5) is 5.82 Å². The summed E-state index contributed by atoms with van der Waals surface area (Å²) in [6.45, 7) is 1.72. The molecule has 5 N–H and O–H groups in total. The molecule has 0 bridgehead atoms. The maximum atomic E-state index is 9.53. The van der Waals surface area contributed by atoms with Gasteiger partial charge in [-0.05, 0) is 13.0 Å². The second kappa shape index (κ2) is 3.51. The van der Waals surface area contributed by atoms with Crippen LogP contribution in [0.5, 0.6) is 0 Å². The van der Waals surface area contributed by atoms with Gasteiger partial charge in [-0.2, -0.15) is 0 Å². The van der Waals surface area contributed by atoms with Crippen molar-refractivity contribution in [2.24, 2.45) is 5.73 Å². The summed E-state index contributed by atoms with van der Waals surface area (Å²) < 4.78 is 0. The Bertz CT molecular complexity index is 262. The summed E-state index contributed by atoms with van der Waals surface area (Å²) in [4.78, 5) is 3.84. The standard InChI is InChI=1S/C8H13N3O/c1-5(9)7(12)6-3-2-4-11-8(6)10/h2-5,7,12H,9H2,1H3,(H2,10,11)/t5-,7-/m1/s1. The van der Waals surface area contributed by atoms with Crippen LogP contribution in [0.2, 0.25) is 0 Å². The van der Waals surface area contributed by atoms with E-state index in [0.29, 0.717) is 11.4 Å². The SMILES string of the molecule is C[C@@H](N)[C@@H](O)c1cccnc1N. The molecule has 0 aromatic carbocycles. The molecule has 0 aliphatic heterocycles. The van der Waals surface area contributed by atoms with E-state index >= 15 is 0 Å². The molecule has 1 heterocycles. The summed E-state index contributed by atoms with van der Waals surface area (Å²) in [5.41, 5.74) is 11.6. The number of nitrogens with two attached hydrogens (primary N) is 2. The number of rotatable bonds is 2. The topological polar surface area (TPSA) is 85.2 Å². The van der Waals surface area contributed by atoms with E-state index in [1.807, 2.05) is 0 Å². The molecule has 0 aliphatic rings. The molecule has 0 radical (unpaired) electrons. The summed E-state index contributed by atoms with van der Waals surface area (Å²) >= 11 is 0. The van der Waals surface area contributed by atoms with Gasteiger partial charge in [-0.1, -0.05) is 6.07 Å². The van der Waals surface area contributed by atoms with Crippen molar-refractivity contribution in [2.45, 2.75) is 19.1 Å². The minimum atomic E-state index is -0.737. The molecule has 0 spiro atoms. The van der Waals surface area contributed by atoms with Gasteiger partial charge in [0.05, 0.1) is 6.10 Å². The molecule has 1 rings (SSSR count). The van der Waals surface area contributed by atoms with Gasteiger partial charge in [0.25, 0.3) is 0 Å². The molecule has 0 aliphatic carbocycles. The molecular formula is C8H13N3O. The van der Waals surface area contributed by atoms with E-state index < -0.39 is 6.10 Å². The lowest BCUT2D eigenvalue weighted by atomic mass is 10.1. The fraction of sp³-hybridized carbons (Fsp3) is 0.375. The average Bonchev–Trinajstić information content (AvgIpc) is 2.04. The van der Waals surface area contributed by atoms with E-state index in [-0.39, 0.29) is 6.04 Å². The molecule has 0 saturated heterocycles. The second-order valence-corrected chi connectivity index (χ2v) is 2.78. The van der Waals surface area contributed by atoms with Gasteiger partial charge in [-0.25, -0.2) is 4.98 Å². The van der Waals surface area contributed by atoms with Crippen molar-refractivity contribution in [1.29, 1.82) is 0 Å². The molecule has 0 saturated carbocycles. The van der Waals surface area contributed by atoms with Gasteiger partial charge >= 0.3 is 0 Å². The Kier molecular flexibility index (Phi) is 2.62. The van der Waals surface area contributed by atoms with Crippen molar-refractivity contribution in [3.63, 3.8) is 0 Å². The van der Waals surface area contributed by atoms with E-state index in [1.165, 1.54) is 0 Å². The van der Waals surface area contributed by atoms with Gasteiger partial charge in [0.2, 0.25) is 0 Å². The maximum absolute atomic E-state index is 9.53. The Labute approximate surface area is 71.2 Å². The molecule has 4 heteroatoms. The molecule has 66 valence electrons. The van der Waals surface area contributed by atoms with E-state index in [4.69, 9.17) is 11.5 Å². The van der Waals surface area contributed by atoms with Crippen molar-refractivity contribution in [3.8, 4) is 0 Å². The van der Waals surface area contributed by atoms with Crippen molar-refractivity contribution >= 4 is 5.82 Å². The molecule has 0 fully saturated rings. The van der Waals surface area contributed by atoms with Gasteiger partial charge < -0.3 is 16.6 Å². The van der Waals surface area contributed by atoms with Gasteiger partial charge in [0.15, 0.2) is 0 Å². The van der Waals surface area contributed by atoms with Gasteiger partial charge in [0.1, 0.15) is 5.82 Å². The summed E-state index contributed by atoms with van der Waals surface area (Å²) in [5, 5.41) is 9.53. The summed E-state index contributed by atoms with van der Waals surface area (Å²) in [7, 11) is 0. The number of hydrogen-bond acceptors (Lipinski definition) is 4. The predicted octanol–water partition coefficient (Wildman–Crippen LogP) is 0.0444. The molecular weight excluding hydrogens is 154 g/mol. The van der Waals surface area contributed by atoms with Crippen LogP contribution < -0.4 is 11.5 Å². The Balaban J connectivity index is 2.94. The van der Waals surface area contributed by atoms with Crippen LogP contribution in [0.1, 0.15) is 18.6 Å². The predicted molar refractivity (Wildman–Crippen MR) is 47.3 cm³/mol. The number of aliphatic hydroxyl groups excluding tert-OH is 1. The van der Waals surface area contributed by atoms with E-state index in [9.17, 15) is 5.11 Å². The smallest absolute Gasteiger partial charge is 0.129 e. The molecule has 1 aromatic heterocycles. The van der Waals surface area contributed by atoms with E-state index in [0.717, 1.165) is 0 Å². The second-order valence-electron chi connectivity index (χ2n) is 2.78. The number of nitrogen functional groups attached to an aromatic ring is 1. The zero-order chi connectivity index (χ0) is 9.14. The van der Waals surface area contributed by atoms with Crippen LogP contribution in [-0.4, -0.2) is 16.1 Å². The first-order valence-electron chi connectivity index (χ1n) is 3.77. The quantitative estimate of drug-likeness (QED) is 0.580. The van der Waals surface area contributed by atoms with Crippen molar-refractivity contribution < 1.29 is 5.11 Å². The third-order valence-electron chi connectivity index (χ3n) is 1.69. The first-order valence-corrected chi connectivity index (χ1v) is 3.77. The van der Waals surface area contributed by atoms with Crippen molar-refractivity contribution in [2.75, 3.05) is 5.73 Å². The minimum Gasteiger partial charge on any atom is -0.387 e. The molecule has 4 nitrogen and oxygen atoms in total. The third kappa shape index (κ3) is 1.72. The van der Waals surface area contributed by atoms with E-state index in [1.54, 1.807) is 25.3 Å². The first-order chi connectivity index (χ1) is 5.63. The van der Waals surface area contributed by atoms with Crippen LogP contribution in [-0.2, 0) is 0 Å². The molecule has 2 atom stereocenters. The minimum absolute atomic E-state index is 0.335. The van der Waals surface area contributed by atoms with Crippen LogP contribution >= 0.6 is 0 Å². The molecule has 0 amide bonds. The first kappa shape index (κ1) is 8.96. The Morgan fingerprint density at radius 3 is 2.75 bits per heavy atom. The van der Waals surface area contributed by atoms with Crippen molar-refractivity contribution in [3.05, 3.63) is 23.9 Å². The fourth-order valence-corrected chi connectivity index (χ4v) is 0.963. The Hall–Kier alpha value is -1.13. The average molecular weight is 167 g/mol. The summed E-state index contributed by atoms with van der Waals surface area (Å²) in [5.74, 6) is 0.335. The number of pyridine rings is 1. The number of nitrogens with zero attached hydrogens (tertiary/aromatic N) is 1. The number of anilines is 1. The van der Waals surface area contributed by atoms with Gasteiger partial charge in [0, 0.05) is 17.8 Å². The van der Waals surface area contributed by atoms with Gasteiger partial charge in [-0.3, -0.25) is 0 Å². The third-order valence-corrected chi connectivity index (χ3v) is 1.69. The van der Waals surface area contributed by atoms with Gasteiger partial charge in [-0.15, -0.1) is 0 Å². The monoisotopic (exact) mass is 167 g/mol. The maximum Gasteiger partial charge on any atom is 0.129 e. The van der Waals surface area contributed by atoms with Crippen LogP contribution in [0.3, 0.4) is 0 Å². The molecule has 1 aromatic rings. The normalized spacial score (nSPS) is 15.6. The zero-order valence-corrected chi connectivity index (χ0v) is 6.94.